The molecule has 1 aliphatic carbocycles. The average molecular weight is 357 g/mol. The molecule has 3 aromatic rings. The molecule has 1 aliphatic rings. The molecule has 0 spiro atoms. The van der Waals surface area contributed by atoms with Crippen molar-refractivity contribution in [2.75, 3.05) is 7.05 Å². The van der Waals surface area contributed by atoms with Gasteiger partial charge in [-0.25, -0.2) is 9.37 Å². The Hall–Kier alpha value is -2.05. The Labute approximate surface area is 149 Å². The summed E-state index contributed by atoms with van der Waals surface area (Å²) in [6.45, 7) is 1.27. The van der Waals surface area contributed by atoms with Gasteiger partial charge in [0.2, 0.25) is 0 Å². The third-order valence-electron chi connectivity index (χ3n) is 4.61. The lowest BCUT2D eigenvalue weighted by atomic mass is 10.0. The number of benzene rings is 1. The normalized spacial score (nSPS) is 14.2. The van der Waals surface area contributed by atoms with Crippen LogP contribution in [0.1, 0.15) is 34.7 Å². The minimum absolute atomic E-state index is 0.0228. The van der Waals surface area contributed by atoms with E-state index in [0.717, 1.165) is 41.2 Å². The molecule has 2 heterocycles. The van der Waals surface area contributed by atoms with Crippen LogP contribution in [0.4, 0.5) is 4.39 Å². The quantitative estimate of drug-likeness (QED) is 0.718. The SMILES string of the molecule is CN(Cc1ccc(F)cc1)Cc1cc(=O)n2c3c(sc2n1)CCCC3. The standard InChI is InChI=1S/C19H20FN3OS/c1-22(11-13-6-8-14(20)9-7-13)12-15-10-18(24)23-16-4-2-3-5-17(16)25-19(23)21-15/h6-10H,2-5,11-12H2,1H3. The van der Waals surface area contributed by atoms with Crippen LogP contribution in [-0.4, -0.2) is 21.3 Å². The zero-order valence-electron chi connectivity index (χ0n) is 14.2. The van der Waals surface area contributed by atoms with Crippen LogP contribution in [0.2, 0.25) is 0 Å². The minimum atomic E-state index is -0.229. The summed E-state index contributed by atoms with van der Waals surface area (Å²) in [6.07, 6.45) is 4.37. The molecule has 0 radical (unpaired) electrons. The highest BCUT2D eigenvalue weighted by molar-refractivity contribution is 7.17. The lowest BCUT2D eigenvalue weighted by Gasteiger charge is -2.16. The fourth-order valence-corrected chi connectivity index (χ4v) is 4.69. The van der Waals surface area contributed by atoms with Crippen LogP contribution in [0, 0.1) is 5.82 Å². The molecule has 4 rings (SSSR count). The molecule has 0 saturated carbocycles. The van der Waals surface area contributed by atoms with E-state index >= 15 is 0 Å². The molecular formula is C19H20FN3OS. The topological polar surface area (TPSA) is 37.6 Å². The molecule has 0 amide bonds. The zero-order valence-corrected chi connectivity index (χ0v) is 15.0. The summed E-state index contributed by atoms with van der Waals surface area (Å²) >= 11 is 1.65. The van der Waals surface area contributed by atoms with E-state index in [4.69, 9.17) is 4.98 Å². The van der Waals surface area contributed by atoms with Crippen molar-refractivity contribution in [2.24, 2.45) is 0 Å². The summed E-state index contributed by atoms with van der Waals surface area (Å²) in [5.41, 5.74) is 3.01. The van der Waals surface area contributed by atoms with Gasteiger partial charge in [-0.3, -0.25) is 14.1 Å². The largest absolute Gasteiger partial charge is 0.296 e. The highest BCUT2D eigenvalue weighted by Gasteiger charge is 2.18. The van der Waals surface area contributed by atoms with E-state index in [0.29, 0.717) is 13.1 Å². The van der Waals surface area contributed by atoms with Gasteiger partial charge in [0.1, 0.15) is 5.82 Å². The van der Waals surface area contributed by atoms with Crippen molar-refractivity contribution < 1.29 is 4.39 Å². The lowest BCUT2D eigenvalue weighted by molar-refractivity contribution is 0.315. The number of rotatable bonds is 4. The van der Waals surface area contributed by atoms with Gasteiger partial charge in [0.15, 0.2) is 4.96 Å². The fourth-order valence-electron chi connectivity index (χ4n) is 3.46. The summed E-state index contributed by atoms with van der Waals surface area (Å²) in [4.78, 5) is 21.5. The second-order valence-corrected chi connectivity index (χ2v) is 7.74. The van der Waals surface area contributed by atoms with Crippen LogP contribution >= 0.6 is 11.3 Å². The molecule has 0 fully saturated rings. The maximum absolute atomic E-state index is 13.0. The van der Waals surface area contributed by atoms with E-state index < -0.39 is 0 Å². The molecule has 2 aromatic heterocycles. The third kappa shape index (κ3) is 3.37. The molecule has 0 saturated heterocycles. The molecular weight excluding hydrogens is 337 g/mol. The predicted molar refractivity (Wildman–Crippen MR) is 97.6 cm³/mol. The van der Waals surface area contributed by atoms with Gasteiger partial charge in [0, 0.05) is 29.7 Å². The summed E-state index contributed by atoms with van der Waals surface area (Å²) in [5.74, 6) is -0.229. The number of thiazole rings is 1. The first kappa shape index (κ1) is 16.4. The van der Waals surface area contributed by atoms with Crippen molar-refractivity contribution in [2.45, 2.75) is 38.8 Å². The first-order chi connectivity index (χ1) is 12.1. The fraction of sp³-hybridized carbons (Fsp3) is 0.368. The lowest BCUT2D eigenvalue weighted by Crippen LogP contribution is -2.22. The van der Waals surface area contributed by atoms with E-state index in [1.807, 2.05) is 7.05 Å². The van der Waals surface area contributed by atoms with Gasteiger partial charge in [0.05, 0.1) is 5.69 Å². The second kappa shape index (κ2) is 6.69. The molecule has 1 aromatic carbocycles. The molecule has 4 nitrogen and oxygen atoms in total. The Morgan fingerprint density at radius 2 is 1.96 bits per heavy atom. The molecule has 0 unspecified atom stereocenters. The van der Waals surface area contributed by atoms with Gasteiger partial charge >= 0.3 is 0 Å². The van der Waals surface area contributed by atoms with Gasteiger partial charge in [-0.2, -0.15) is 0 Å². The van der Waals surface area contributed by atoms with E-state index in [2.05, 4.69) is 4.90 Å². The van der Waals surface area contributed by atoms with Crippen LogP contribution in [0.15, 0.2) is 35.1 Å². The third-order valence-corrected chi connectivity index (χ3v) is 5.75. The van der Waals surface area contributed by atoms with Crippen LogP contribution < -0.4 is 5.56 Å². The van der Waals surface area contributed by atoms with Crippen LogP contribution in [0.3, 0.4) is 0 Å². The Morgan fingerprint density at radius 1 is 1.20 bits per heavy atom. The van der Waals surface area contributed by atoms with Gasteiger partial charge < -0.3 is 0 Å². The van der Waals surface area contributed by atoms with Crippen LogP contribution in [0.5, 0.6) is 0 Å². The Bertz CT molecular complexity index is 961. The predicted octanol–water partition coefficient (Wildman–Crippen LogP) is 3.41. The van der Waals surface area contributed by atoms with Gasteiger partial charge in [0.25, 0.3) is 5.56 Å². The van der Waals surface area contributed by atoms with Crippen molar-refractivity contribution in [3.63, 3.8) is 0 Å². The highest BCUT2D eigenvalue weighted by Crippen LogP contribution is 2.28. The van der Waals surface area contributed by atoms with Crippen molar-refractivity contribution in [3.8, 4) is 0 Å². The number of hydrogen-bond acceptors (Lipinski definition) is 4. The average Bonchev–Trinajstić information content (AvgIpc) is 2.95. The number of fused-ring (bicyclic) bond motifs is 3. The van der Waals surface area contributed by atoms with E-state index in [-0.39, 0.29) is 11.4 Å². The molecule has 0 aliphatic heterocycles. The molecule has 130 valence electrons. The van der Waals surface area contributed by atoms with E-state index in [1.165, 1.54) is 23.4 Å². The number of halogens is 1. The Kier molecular flexibility index (Phi) is 4.39. The minimum Gasteiger partial charge on any atom is -0.296 e. The Balaban J connectivity index is 1.57. The first-order valence-electron chi connectivity index (χ1n) is 8.56. The maximum Gasteiger partial charge on any atom is 0.259 e. The summed E-state index contributed by atoms with van der Waals surface area (Å²) < 4.78 is 14.8. The van der Waals surface area contributed by atoms with Crippen molar-refractivity contribution in [1.82, 2.24) is 14.3 Å². The molecule has 6 heteroatoms. The number of aromatic nitrogens is 2. The monoisotopic (exact) mass is 357 g/mol. The number of aryl methyl sites for hydroxylation is 2. The highest BCUT2D eigenvalue weighted by atomic mass is 32.1. The number of nitrogens with zero attached hydrogens (tertiary/aromatic N) is 3. The maximum atomic E-state index is 13.0. The summed E-state index contributed by atoms with van der Waals surface area (Å²) in [5, 5.41) is 0. The zero-order chi connectivity index (χ0) is 17.4. The van der Waals surface area contributed by atoms with Crippen molar-refractivity contribution in [1.29, 1.82) is 0 Å². The molecule has 0 atom stereocenters. The molecule has 0 bridgehead atoms. The van der Waals surface area contributed by atoms with Gasteiger partial charge in [-0.05, 0) is 50.4 Å². The van der Waals surface area contributed by atoms with E-state index in [1.54, 1.807) is 33.9 Å². The van der Waals surface area contributed by atoms with Crippen molar-refractivity contribution in [3.05, 3.63) is 68.3 Å². The smallest absolute Gasteiger partial charge is 0.259 e. The first-order valence-corrected chi connectivity index (χ1v) is 9.38. The molecule has 25 heavy (non-hydrogen) atoms. The van der Waals surface area contributed by atoms with Crippen LogP contribution in [-0.2, 0) is 25.9 Å². The number of hydrogen-bond donors (Lipinski definition) is 0. The Morgan fingerprint density at radius 3 is 2.76 bits per heavy atom. The van der Waals surface area contributed by atoms with E-state index in [9.17, 15) is 9.18 Å². The van der Waals surface area contributed by atoms with Gasteiger partial charge in [-0.15, -0.1) is 11.3 Å². The summed E-state index contributed by atoms with van der Waals surface area (Å²) in [6, 6.07) is 8.15. The summed E-state index contributed by atoms with van der Waals surface area (Å²) in [7, 11) is 1.98. The van der Waals surface area contributed by atoms with Crippen LogP contribution in [0.25, 0.3) is 4.96 Å². The second-order valence-electron chi connectivity index (χ2n) is 6.68. The van der Waals surface area contributed by atoms with Crippen molar-refractivity contribution >= 4 is 16.3 Å². The van der Waals surface area contributed by atoms with Gasteiger partial charge in [-0.1, -0.05) is 12.1 Å². The molecule has 0 N–H and O–H groups in total.